The lowest BCUT2D eigenvalue weighted by molar-refractivity contribution is 0.615. The molecule has 0 radical (unpaired) electrons. The molecular weight excluding hydrogens is 334 g/mol. The van der Waals surface area contributed by atoms with Crippen LogP contribution in [0, 0.1) is 6.92 Å². The summed E-state index contributed by atoms with van der Waals surface area (Å²) < 4.78 is 15.8. The van der Waals surface area contributed by atoms with E-state index in [9.17, 15) is 4.21 Å². The van der Waals surface area contributed by atoms with Gasteiger partial charge in [0.15, 0.2) is 0 Å². The number of hydrogen-bond donors (Lipinski definition) is 1. The lowest BCUT2D eigenvalue weighted by Crippen LogP contribution is -2.35. The molecule has 18 heavy (non-hydrogen) atoms. The Bertz CT molecular complexity index is 471. The van der Waals surface area contributed by atoms with Gasteiger partial charge in [0.05, 0.1) is 20.8 Å². The van der Waals surface area contributed by atoms with Crippen molar-refractivity contribution in [1.82, 2.24) is 4.72 Å². The van der Waals surface area contributed by atoms with Crippen molar-refractivity contribution in [2.75, 3.05) is 0 Å². The second-order valence-corrected chi connectivity index (χ2v) is 8.53. The molecule has 1 N–H and O–H groups in total. The molecular formula is C13H19BrClNOS. The van der Waals surface area contributed by atoms with Crippen molar-refractivity contribution in [1.29, 1.82) is 0 Å². The lowest BCUT2D eigenvalue weighted by Gasteiger charge is -2.23. The Morgan fingerprint density at radius 2 is 1.94 bits per heavy atom. The molecule has 0 fully saturated rings. The van der Waals surface area contributed by atoms with Crippen molar-refractivity contribution in [3.05, 3.63) is 32.8 Å². The molecule has 0 heterocycles. The molecule has 0 aromatic heterocycles. The van der Waals surface area contributed by atoms with Crippen LogP contribution in [0.4, 0.5) is 0 Å². The van der Waals surface area contributed by atoms with Gasteiger partial charge in [0.25, 0.3) is 0 Å². The van der Waals surface area contributed by atoms with E-state index in [4.69, 9.17) is 11.6 Å². The number of benzene rings is 1. The van der Waals surface area contributed by atoms with Crippen molar-refractivity contribution in [3.63, 3.8) is 0 Å². The topological polar surface area (TPSA) is 29.1 Å². The summed E-state index contributed by atoms with van der Waals surface area (Å²) in [6, 6.07) is 3.92. The highest BCUT2D eigenvalue weighted by Gasteiger charge is 2.22. The van der Waals surface area contributed by atoms with Gasteiger partial charge in [-0.25, -0.2) is 8.93 Å². The maximum atomic E-state index is 12.1. The average molecular weight is 353 g/mol. The van der Waals surface area contributed by atoms with E-state index < -0.39 is 11.0 Å². The van der Waals surface area contributed by atoms with E-state index in [2.05, 4.69) is 20.7 Å². The van der Waals surface area contributed by atoms with Crippen molar-refractivity contribution in [2.24, 2.45) is 0 Å². The minimum Gasteiger partial charge on any atom is -0.242 e. The van der Waals surface area contributed by atoms with Crippen molar-refractivity contribution < 1.29 is 4.21 Å². The Morgan fingerprint density at radius 3 is 2.44 bits per heavy atom. The molecule has 0 bridgehead atoms. The van der Waals surface area contributed by atoms with Gasteiger partial charge in [-0.2, -0.15) is 0 Å². The SMILES string of the molecule is Cc1c([C@@H](C)N[S@](=O)C(C)(C)C)ccc(Br)c1Cl. The molecule has 0 amide bonds. The fraction of sp³-hybridized carbons (Fsp3) is 0.538. The Balaban J connectivity index is 2.96. The molecule has 0 saturated heterocycles. The molecule has 1 aromatic carbocycles. The lowest BCUT2D eigenvalue weighted by atomic mass is 10.0. The van der Waals surface area contributed by atoms with Gasteiger partial charge in [0, 0.05) is 10.5 Å². The average Bonchev–Trinajstić information content (AvgIpc) is 2.24. The van der Waals surface area contributed by atoms with Crippen LogP contribution in [0.1, 0.15) is 44.9 Å². The molecule has 2 nitrogen and oxygen atoms in total. The van der Waals surface area contributed by atoms with E-state index in [1.807, 2.05) is 46.8 Å². The van der Waals surface area contributed by atoms with Gasteiger partial charge in [-0.1, -0.05) is 17.7 Å². The van der Waals surface area contributed by atoms with Gasteiger partial charge in [-0.3, -0.25) is 0 Å². The van der Waals surface area contributed by atoms with E-state index in [-0.39, 0.29) is 10.8 Å². The van der Waals surface area contributed by atoms with Crippen LogP contribution in [0.3, 0.4) is 0 Å². The molecule has 5 heteroatoms. The summed E-state index contributed by atoms with van der Waals surface area (Å²) in [5, 5.41) is 0.711. The quantitative estimate of drug-likeness (QED) is 0.851. The molecule has 0 saturated carbocycles. The van der Waals surface area contributed by atoms with Gasteiger partial charge in [-0.15, -0.1) is 0 Å². The summed E-state index contributed by atoms with van der Waals surface area (Å²) in [5.74, 6) is 0. The van der Waals surface area contributed by atoms with Crippen LogP contribution in [0.5, 0.6) is 0 Å². The second kappa shape index (κ2) is 6.04. The minimum absolute atomic E-state index is 0.00402. The van der Waals surface area contributed by atoms with E-state index in [1.165, 1.54) is 0 Å². The summed E-state index contributed by atoms with van der Waals surface area (Å²) in [5.41, 5.74) is 2.08. The largest absolute Gasteiger partial charge is 0.242 e. The molecule has 1 rings (SSSR count). The smallest absolute Gasteiger partial charge is 0.0975 e. The first-order valence-corrected chi connectivity index (χ1v) is 8.09. The van der Waals surface area contributed by atoms with E-state index in [0.717, 1.165) is 15.6 Å². The van der Waals surface area contributed by atoms with Gasteiger partial charge < -0.3 is 0 Å². The van der Waals surface area contributed by atoms with Gasteiger partial charge in [0.2, 0.25) is 0 Å². The van der Waals surface area contributed by atoms with Crippen molar-refractivity contribution >= 4 is 38.5 Å². The van der Waals surface area contributed by atoms with Crippen LogP contribution in [0.2, 0.25) is 5.02 Å². The van der Waals surface area contributed by atoms with E-state index in [0.29, 0.717) is 5.02 Å². The summed E-state index contributed by atoms with van der Waals surface area (Å²) in [6.45, 7) is 9.82. The molecule has 1 aromatic rings. The predicted octanol–water partition coefficient (Wildman–Crippen LogP) is 4.52. The summed E-state index contributed by atoms with van der Waals surface area (Å²) in [7, 11) is -1.09. The number of nitrogens with one attached hydrogen (secondary N) is 1. The zero-order valence-corrected chi connectivity index (χ0v) is 14.5. The fourth-order valence-electron chi connectivity index (χ4n) is 1.54. The van der Waals surface area contributed by atoms with E-state index in [1.54, 1.807) is 0 Å². The Morgan fingerprint density at radius 1 is 1.39 bits per heavy atom. The molecule has 102 valence electrons. The van der Waals surface area contributed by atoms with Gasteiger partial charge in [0.1, 0.15) is 0 Å². The molecule has 0 aliphatic carbocycles. The zero-order valence-electron chi connectivity index (χ0n) is 11.3. The van der Waals surface area contributed by atoms with Crippen LogP contribution in [-0.2, 0) is 11.0 Å². The Kier molecular flexibility index (Phi) is 5.42. The first-order valence-electron chi connectivity index (χ1n) is 5.77. The molecule has 0 unspecified atom stereocenters. The van der Waals surface area contributed by atoms with Crippen molar-refractivity contribution in [2.45, 2.75) is 45.4 Å². The zero-order chi connectivity index (χ0) is 14.1. The highest BCUT2D eigenvalue weighted by molar-refractivity contribution is 9.10. The summed E-state index contributed by atoms with van der Waals surface area (Å²) >= 11 is 9.60. The molecule has 0 aliphatic rings. The first kappa shape index (κ1) is 16.2. The van der Waals surface area contributed by atoms with Crippen LogP contribution in [0.15, 0.2) is 16.6 Å². The van der Waals surface area contributed by atoms with Crippen molar-refractivity contribution in [3.8, 4) is 0 Å². The fourth-order valence-corrected chi connectivity index (χ4v) is 2.94. The van der Waals surface area contributed by atoms with Crippen LogP contribution < -0.4 is 4.72 Å². The highest BCUT2D eigenvalue weighted by Crippen LogP contribution is 2.31. The monoisotopic (exact) mass is 351 g/mol. The number of rotatable bonds is 3. The highest BCUT2D eigenvalue weighted by atomic mass is 79.9. The van der Waals surface area contributed by atoms with Crippen LogP contribution in [-0.4, -0.2) is 8.96 Å². The maximum absolute atomic E-state index is 12.1. The minimum atomic E-state index is -1.09. The van der Waals surface area contributed by atoms with Crippen LogP contribution >= 0.6 is 27.5 Å². The van der Waals surface area contributed by atoms with Crippen LogP contribution in [0.25, 0.3) is 0 Å². The van der Waals surface area contributed by atoms with Gasteiger partial charge >= 0.3 is 0 Å². The third-order valence-electron chi connectivity index (χ3n) is 2.69. The number of hydrogen-bond acceptors (Lipinski definition) is 1. The first-order chi connectivity index (χ1) is 8.14. The molecule has 2 atom stereocenters. The summed E-state index contributed by atoms with van der Waals surface area (Å²) in [6.07, 6.45) is 0. The van der Waals surface area contributed by atoms with Gasteiger partial charge in [-0.05, 0) is 67.7 Å². The summed E-state index contributed by atoms with van der Waals surface area (Å²) in [4.78, 5) is 0. The Labute approximate surface area is 125 Å². The Hall–Kier alpha value is 0.1000. The maximum Gasteiger partial charge on any atom is 0.0975 e. The standard InChI is InChI=1S/C13H19BrClNOS/c1-8-10(6-7-11(14)12(8)15)9(2)16-18(17)13(3,4)5/h6-7,9,16H,1-5H3/t9-,18-/m1/s1. The molecule has 0 spiro atoms. The van der Waals surface area contributed by atoms with E-state index >= 15 is 0 Å². The number of halogens is 2. The second-order valence-electron chi connectivity index (χ2n) is 5.30. The third-order valence-corrected chi connectivity index (χ3v) is 5.74. The molecule has 0 aliphatic heterocycles. The third kappa shape index (κ3) is 3.80. The predicted molar refractivity (Wildman–Crippen MR) is 83.3 cm³/mol. The normalized spacial score (nSPS) is 15.5.